The number of sulfonamides is 1. The second kappa shape index (κ2) is 7.78. The smallest absolute Gasteiger partial charge is 0.306 e. The number of esters is 1. The van der Waals surface area contributed by atoms with E-state index in [1.54, 1.807) is 0 Å². The lowest BCUT2D eigenvalue weighted by Gasteiger charge is -2.30. The summed E-state index contributed by atoms with van der Waals surface area (Å²) < 4.78 is 35.1. The summed E-state index contributed by atoms with van der Waals surface area (Å²) in [5.74, 6) is -0.744. The van der Waals surface area contributed by atoms with Gasteiger partial charge in [0.1, 0.15) is 0 Å². The SMILES string of the molecule is COC(=O)CCS(=O)(=O)N1CCC(OCCO)CC1. The van der Waals surface area contributed by atoms with E-state index < -0.39 is 16.0 Å². The van der Waals surface area contributed by atoms with Crippen molar-refractivity contribution in [3.8, 4) is 0 Å². The van der Waals surface area contributed by atoms with Crippen LogP contribution in [0.5, 0.6) is 0 Å². The van der Waals surface area contributed by atoms with Gasteiger partial charge in [0.05, 0.1) is 38.6 Å². The zero-order valence-electron chi connectivity index (χ0n) is 11.1. The van der Waals surface area contributed by atoms with Crippen LogP contribution in [-0.4, -0.2) is 69.1 Å². The zero-order valence-corrected chi connectivity index (χ0v) is 11.9. The van der Waals surface area contributed by atoms with E-state index >= 15 is 0 Å². The molecule has 1 fully saturated rings. The molecular weight excluding hydrogens is 274 g/mol. The van der Waals surface area contributed by atoms with Gasteiger partial charge in [-0.05, 0) is 12.8 Å². The topological polar surface area (TPSA) is 93.1 Å². The number of rotatable bonds is 7. The fraction of sp³-hybridized carbons (Fsp3) is 0.909. The van der Waals surface area contributed by atoms with E-state index in [9.17, 15) is 13.2 Å². The highest BCUT2D eigenvalue weighted by Crippen LogP contribution is 2.17. The van der Waals surface area contributed by atoms with Crippen LogP contribution in [-0.2, 0) is 24.3 Å². The fourth-order valence-corrected chi connectivity index (χ4v) is 3.39. The molecule has 0 radical (unpaired) electrons. The van der Waals surface area contributed by atoms with Crippen LogP contribution < -0.4 is 0 Å². The van der Waals surface area contributed by atoms with Crippen molar-refractivity contribution in [3.05, 3.63) is 0 Å². The summed E-state index contributed by atoms with van der Waals surface area (Å²) in [5.41, 5.74) is 0. The van der Waals surface area contributed by atoms with Crippen LogP contribution >= 0.6 is 0 Å². The highest BCUT2D eigenvalue weighted by atomic mass is 32.2. The predicted molar refractivity (Wildman–Crippen MR) is 68.1 cm³/mol. The third-order valence-electron chi connectivity index (χ3n) is 3.03. The zero-order chi connectivity index (χ0) is 14.3. The number of carbonyl (C=O) groups is 1. The number of methoxy groups -OCH3 is 1. The van der Waals surface area contributed by atoms with E-state index in [1.165, 1.54) is 11.4 Å². The Bertz CT molecular complexity index is 375. The summed E-state index contributed by atoms with van der Waals surface area (Å²) in [6, 6.07) is 0. The van der Waals surface area contributed by atoms with Crippen molar-refractivity contribution in [2.75, 3.05) is 39.2 Å². The van der Waals surface area contributed by atoms with Gasteiger partial charge in [0.15, 0.2) is 0 Å². The Balaban J connectivity index is 2.38. The molecule has 7 nitrogen and oxygen atoms in total. The van der Waals surface area contributed by atoms with E-state index in [-0.39, 0.29) is 31.5 Å². The van der Waals surface area contributed by atoms with E-state index in [4.69, 9.17) is 9.84 Å². The summed E-state index contributed by atoms with van der Waals surface area (Å²) in [6.45, 7) is 1.02. The average molecular weight is 295 g/mol. The van der Waals surface area contributed by atoms with Gasteiger partial charge in [-0.15, -0.1) is 0 Å². The summed E-state index contributed by atoms with van der Waals surface area (Å²) in [4.78, 5) is 11.0. The highest BCUT2D eigenvalue weighted by molar-refractivity contribution is 7.89. The van der Waals surface area contributed by atoms with Crippen molar-refractivity contribution in [1.82, 2.24) is 4.31 Å². The third-order valence-corrected chi connectivity index (χ3v) is 4.90. The van der Waals surface area contributed by atoms with Gasteiger partial charge < -0.3 is 14.6 Å². The summed E-state index contributed by atoms with van der Waals surface area (Å²) in [7, 11) is -2.17. The monoisotopic (exact) mass is 295 g/mol. The predicted octanol–water partition coefficient (Wildman–Crippen LogP) is -0.647. The molecule has 1 aliphatic rings. The maximum absolute atomic E-state index is 12.0. The molecule has 0 atom stereocenters. The molecule has 112 valence electrons. The normalized spacial score (nSPS) is 18.4. The van der Waals surface area contributed by atoms with Crippen LogP contribution in [0.15, 0.2) is 0 Å². The first-order chi connectivity index (χ1) is 8.99. The standard InChI is InChI=1S/C11H21NO6S/c1-17-11(14)4-9-19(15,16)12-5-2-10(3-6-12)18-8-7-13/h10,13H,2-9H2,1H3. The molecule has 1 aliphatic heterocycles. The molecule has 0 aromatic heterocycles. The van der Waals surface area contributed by atoms with Crippen molar-refractivity contribution >= 4 is 16.0 Å². The fourth-order valence-electron chi connectivity index (χ4n) is 1.94. The average Bonchev–Trinajstić information content (AvgIpc) is 2.43. The van der Waals surface area contributed by atoms with Crippen LogP contribution in [0.3, 0.4) is 0 Å². The number of aliphatic hydroxyl groups excluding tert-OH is 1. The number of piperidine rings is 1. The Kier molecular flexibility index (Phi) is 6.70. The lowest BCUT2D eigenvalue weighted by molar-refractivity contribution is -0.140. The number of ether oxygens (including phenoxy) is 2. The first kappa shape index (κ1) is 16.4. The van der Waals surface area contributed by atoms with Crippen molar-refractivity contribution in [2.24, 2.45) is 0 Å². The van der Waals surface area contributed by atoms with Gasteiger partial charge in [0.25, 0.3) is 0 Å². The molecule has 8 heteroatoms. The highest BCUT2D eigenvalue weighted by Gasteiger charge is 2.28. The van der Waals surface area contributed by atoms with Crippen LogP contribution in [0.4, 0.5) is 0 Å². The third kappa shape index (κ3) is 5.43. The van der Waals surface area contributed by atoms with Gasteiger partial charge in [0.2, 0.25) is 10.0 Å². The lowest BCUT2D eigenvalue weighted by atomic mass is 10.1. The molecule has 0 unspecified atom stereocenters. The van der Waals surface area contributed by atoms with E-state index in [0.717, 1.165) is 0 Å². The van der Waals surface area contributed by atoms with E-state index in [0.29, 0.717) is 25.9 Å². The van der Waals surface area contributed by atoms with E-state index in [2.05, 4.69) is 4.74 Å². The second-order valence-electron chi connectivity index (χ2n) is 4.33. The Labute approximate surface area is 113 Å². The molecule has 1 heterocycles. The minimum absolute atomic E-state index is 0.000734. The Morgan fingerprint density at radius 2 is 2.00 bits per heavy atom. The molecule has 1 saturated heterocycles. The minimum Gasteiger partial charge on any atom is -0.469 e. The van der Waals surface area contributed by atoms with Crippen LogP contribution in [0.1, 0.15) is 19.3 Å². The molecule has 0 amide bonds. The van der Waals surface area contributed by atoms with Gasteiger partial charge in [-0.25, -0.2) is 12.7 Å². The van der Waals surface area contributed by atoms with Crippen molar-refractivity contribution in [3.63, 3.8) is 0 Å². The number of carbonyl (C=O) groups excluding carboxylic acids is 1. The van der Waals surface area contributed by atoms with E-state index in [1.807, 2.05) is 0 Å². The molecule has 0 spiro atoms. The van der Waals surface area contributed by atoms with Gasteiger partial charge in [-0.3, -0.25) is 4.79 Å². The summed E-state index contributed by atoms with van der Waals surface area (Å²) in [6.07, 6.45) is 1.09. The molecular formula is C11H21NO6S. The van der Waals surface area contributed by atoms with Crippen molar-refractivity contribution < 1.29 is 27.8 Å². The number of aliphatic hydroxyl groups is 1. The molecule has 0 aromatic carbocycles. The number of hydrogen-bond acceptors (Lipinski definition) is 6. The van der Waals surface area contributed by atoms with Crippen LogP contribution in [0.2, 0.25) is 0 Å². The molecule has 0 aromatic rings. The van der Waals surface area contributed by atoms with Gasteiger partial charge >= 0.3 is 5.97 Å². The molecule has 1 N–H and O–H groups in total. The van der Waals surface area contributed by atoms with Gasteiger partial charge in [-0.2, -0.15) is 0 Å². The quantitative estimate of drug-likeness (QED) is 0.628. The first-order valence-corrected chi connectivity index (χ1v) is 7.87. The number of nitrogens with zero attached hydrogens (tertiary/aromatic N) is 1. The molecule has 0 aliphatic carbocycles. The van der Waals surface area contributed by atoms with Crippen LogP contribution in [0, 0.1) is 0 Å². The largest absolute Gasteiger partial charge is 0.469 e. The van der Waals surface area contributed by atoms with Crippen molar-refractivity contribution in [1.29, 1.82) is 0 Å². The van der Waals surface area contributed by atoms with Gasteiger partial charge in [-0.1, -0.05) is 0 Å². The van der Waals surface area contributed by atoms with Crippen molar-refractivity contribution in [2.45, 2.75) is 25.4 Å². The molecule has 1 rings (SSSR count). The minimum atomic E-state index is -3.40. The first-order valence-electron chi connectivity index (χ1n) is 6.26. The Morgan fingerprint density at radius 3 is 2.53 bits per heavy atom. The maximum atomic E-state index is 12.0. The summed E-state index contributed by atoms with van der Waals surface area (Å²) in [5, 5.41) is 8.65. The van der Waals surface area contributed by atoms with Crippen LogP contribution in [0.25, 0.3) is 0 Å². The Hall–Kier alpha value is -0.700. The molecule has 0 bridgehead atoms. The lowest BCUT2D eigenvalue weighted by Crippen LogP contribution is -2.42. The maximum Gasteiger partial charge on any atom is 0.306 e. The number of hydrogen-bond donors (Lipinski definition) is 1. The van der Waals surface area contributed by atoms with Gasteiger partial charge in [0, 0.05) is 13.1 Å². The molecule has 0 saturated carbocycles. The second-order valence-corrected chi connectivity index (χ2v) is 6.42. The molecule has 19 heavy (non-hydrogen) atoms. The summed E-state index contributed by atoms with van der Waals surface area (Å²) >= 11 is 0. The Morgan fingerprint density at radius 1 is 1.37 bits per heavy atom.